The molecule has 0 spiro atoms. The molecule has 0 aliphatic carbocycles. The number of halogens is 1. The number of carbonyl (C=O) groups excluding carboxylic acids is 2. The molecule has 7 nitrogen and oxygen atoms in total. The molecule has 172 valence electrons. The van der Waals surface area contributed by atoms with Crippen LogP contribution in [0, 0.1) is 5.82 Å². The third kappa shape index (κ3) is 3.53. The number of benzene rings is 3. The Morgan fingerprint density at radius 1 is 1.06 bits per heavy atom. The van der Waals surface area contributed by atoms with Crippen molar-refractivity contribution >= 4 is 28.8 Å². The number of ketones is 1. The van der Waals surface area contributed by atoms with Crippen molar-refractivity contribution in [2.75, 3.05) is 30.0 Å². The van der Waals surface area contributed by atoms with E-state index in [2.05, 4.69) is 0 Å². The summed E-state index contributed by atoms with van der Waals surface area (Å²) in [5.74, 6) is -2.18. The van der Waals surface area contributed by atoms with Gasteiger partial charge in [-0.25, -0.2) is 4.39 Å². The van der Waals surface area contributed by atoms with E-state index in [1.54, 1.807) is 30.3 Å². The molecule has 1 saturated heterocycles. The highest BCUT2D eigenvalue weighted by molar-refractivity contribution is 6.51. The van der Waals surface area contributed by atoms with Gasteiger partial charge in [-0.2, -0.15) is 0 Å². The molecule has 2 heterocycles. The fourth-order valence-electron chi connectivity index (χ4n) is 4.39. The number of aliphatic hydroxyl groups excluding tert-OH is 1. The number of amides is 1. The van der Waals surface area contributed by atoms with E-state index in [1.165, 1.54) is 30.3 Å². The third-order valence-electron chi connectivity index (χ3n) is 6.04. The highest BCUT2D eigenvalue weighted by Gasteiger charge is 2.47. The van der Waals surface area contributed by atoms with Gasteiger partial charge in [0.1, 0.15) is 29.7 Å². The van der Waals surface area contributed by atoms with Gasteiger partial charge in [0.15, 0.2) is 0 Å². The molecule has 2 aliphatic rings. The first-order chi connectivity index (χ1) is 16.3. The molecule has 3 aromatic carbocycles. The summed E-state index contributed by atoms with van der Waals surface area (Å²) in [5.41, 5.74) is 1.47. The van der Waals surface area contributed by atoms with E-state index >= 15 is 0 Å². The van der Waals surface area contributed by atoms with Crippen molar-refractivity contribution in [2.24, 2.45) is 0 Å². The van der Waals surface area contributed by atoms with Crippen molar-refractivity contribution in [1.29, 1.82) is 0 Å². The van der Waals surface area contributed by atoms with E-state index < -0.39 is 23.5 Å². The summed E-state index contributed by atoms with van der Waals surface area (Å²) in [6, 6.07) is 15.3. The molecule has 1 atom stereocenters. The smallest absolute Gasteiger partial charge is 0.300 e. The molecule has 2 N–H and O–H groups in total. The number of phenols is 1. The van der Waals surface area contributed by atoms with Crippen LogP contribution in [0.3, 0.4) is 0 Å². The number of phenolic OH excluding ortho intramolecular Hbond substituents is 1. The lowest BCUT2D eigenvalue weighted by Gasteiger charge is -2.28. The Kier molecular flexibility index (Phi) is 5.20. The van der Waals surface area contributed by atoms with Crippen LogP contribution in [-0.4, -0.2) is 42.1 Å². The zero-order valence-electron chi connectivity index (χ0n) is 18.2. The normalized spacial score (nSPS) is 19.2. The largest absolute Gasteiger partial charge is 0.508 e. The lowest BCUT2D eigenvalue weighted by atomic mass is 9.94. The Bertz CT molecular complexity index is 1350. The summed E-state index contributed by atoms with van der Waals surface area (Å²) >= 11 is 0. The maximum atomic E-state index is 14.0. The second kappa shape index (κ2) is 8.22. The Hall–Kier alpha value is -4.33. The van der Waals surface area contributed by atoms with Gasteiger partial charge in [0.05, 0.1) is 23.8 Å². The molecule has 34 heavy (non-hydrogen) atoms. The van der Waals surface area contributed by atoms with Crippen molar-refractivity contribution in [1.82, 2.24) is 0 Å². The van der Waals surface area contributed by atoms with Crippen LogP contribution in [-0.2, 0) is 9.59 Å². The molecule has 0 saturated carbocycles. The molecule has 0 aromatic heterocycles. The van der Waals surface area contributed by atoms with Crippen LogP contribution in [0.5, 0.6) is 11.5 Å². The Labute approximate surface area is 194 Å². The minimum absolute atomic E-state index is 0.0742. The van der Waals surface area contributed by atoms with Crippen LogP contribution in [0.2, 0.25) is 0 Å². The molecule has 0 bridgehead atoms. The van der Waals surface area contributed by atoms with Crippen LogP contribution in [0.15, 0.2) is 72.3 Å². The highest BCUT2D eigenvalue weighted by atomic mass is 19.1. The number of fused-ring (bicyclic) bond motifs is 1. The lowest BCUT2D eigenvalue weighted by Crippen LogP contribution is -2.29. The minimum Gasteiger partial charge on any atom is -0.508 e. The fraction of sp³-hybridized carbons (Fsp3) is 0.154. The van der Waals surface area contributed by atoms with Gasteiger partial charge in [-0.05, 0) is 54.1 Å². The van der Waals surface area contributed by atoms with Crippen molar-refractivity contribution < 1.29 is 28.9 Å². The van der Waals surface area contributed by atoms with Crippen molar-refractivity contribution in [2.45, 2.75) is 6.04 Å². The number of anilines is 2. The standard InChI is InChI=1S/C26H21FN2O5/c1-28-10-11-34-21-9-8-16(13-20(21)28)24(31)22-23(15-4-2-7-19(30)12-15)29(26(33)25(22)32)18-6-3-5-17(27)14-18/h2-9,12-14,23,30-31H,10-11H2,1H3/b24-22-. The van der Waals surface area contributed by atoms with Crippen LogP contribution in [0.1, 0.15) is 17.2 Å². The monoisotopic (exact) mass is 460 g/mol. The van der Waals surface area contributed by atoms with Gasteiger partial charge in [0, 0.05) is 18.3 Å². The third-order valence-corrected chi connectivity index (χ3v) is 6.04. The molecular weight excluding hydrogens is 439 g/mol. The van der Waals surface area contributed by atoms with E-state index in [9.17, 15) is 24.2 Å². The van der Waals surface area contributed by atoms with Gasteiger partial charge >= 0.3 is 0 Å². The number of hydrogen-bond acceptors (Lipinski definition) is 6. The summed E-state index contributed by atoms with van der Waals surface area (Å²) in [6.07, 6.45) is 0. The van der Waals surface area contributed by atoms with Gasteiger partial charge in [-0.15, -0.1) is 0 Å². The summed E-state index contributed by atoms with van der Waals surface area (Å²) in [4.78, 5) is 29.4. The van der Waals surface area contributed by atoms with Crippen molar-refractivity contribution in [3.8, 4) is 11.5 Å². The second-order valence-corrected chi connectivity index (χ2v) is 8.20. The molecule has 1 amide bonds. The van der Waals surface area contributed by atoms with E-state index in [0.717, 1.165) is 16.7 Å². The summed E-state index contributed by atoms with van der Waals surface area (Å²) < 4.78 is 19.7. The SMILES string of the molecule is CN1CCOc2ccc(/C(O)=C3/C(=O)C(=O)N(c4cccc(F)c4)C3c3cccc(O)c3)cc21. The molecule has 1 fully saturated rings. The number of aromatic hydroxyl groups is 1. The number of ether oxygens (including phenoxy) is 1. The van der Waals surface area contributed by atoms with Crippen LogP contribution < -0.4 is 14.5 Å². The zero-order chi connectivity index (χ0) is 24.0. The summed E-state index contributed by atoms with van der Waals surface area (Å²) in [7, 11) is 1.89. The predicted molar refractivity (Wildman–Crippen MR) is 124 cm³/mol. The minimum atomic E-state index is -1.07. The Morgan fingerprint density at radius 3 is 2.62 bits per heavy atom. The van der Waals surface area contributed by atoms with E-state index in [4.69, 9.17) is 4.74 Å². The number of hydrogen-bond donors (Lipinski definition) is 2. The first-order valence-electron chi connectivity index (χ1n) is 10.7. The second-order valence-electron chi connectivity index (χ2n) is 8.20. The maximum Gasteiger partial charge on any atom is 0.300 e. The van der Waals surface area contributed by atoms with Crippen molar-refractivity contribution in [3.05, 3.63) is 89.2 Å². The van der Waals surface area contributed by atoms with E-state index in [1.807, 2.05) is 11.9 Å². The average Bonchev–Trinajstić information content (AvgIpc) is 3.09. The molecule has 8 heteroatoms. The first kappa shape index (κ1) is 21.5. The Balaban J connectivity index is 1.71. The molecule has 5 rings (SSSR count). The average molecular weight is 460 g/mol. The number of nitrogens with zero attached hydrogens (tertiary/aromatic N) is 2. The summed E-state index contributed by atoms with van der Waals surface area (Å²) in [6.45, 7) is 1.19. The molecule has 0 radical (unpaired) electrons. The topological polar surface area (TPSA) is 90.3 Å². The summed E-state index contributed by atoms with van der Waals surface area (Å²) in [5, 5.41) is 21.4. The predicted octanol–water partition coefficient (Wildman–Crippen LogP) is 3.99. The van der Waals surface area contributed by atoms with Crippen LogP contribution in [0.4, 0.5) is 15.8 Å². The fourth-order valence-corrected chi connectivity index (χ4v) is 4.39. The first-order valence-corrected chi connectivity index (χ1v) is 10.7. The number of rotatable bonds is 3. The number of carbonyl (C=O) groups is 2. The zero-order valence-corrected chi connectivity index (χ0v) is 18.2. The van der Waals surface area contributed by atoms with Gasteiger partial charge < -0.3 is 19.8 Å². The van der Waals surface area contributed by atoms with Gasteiger partial charge in [-0.3, -0.25) is 14.5 Å². The van der Waals surface area contributed by atoms with Gasteiger partial charge in [-0.1, -0.05) is 18.2 Å². The van der Waals surface area contributed by atoms with Crippen LogP contribution in [0.25, 0.3) is 5.76 Å². The molecule has 3 aromatic rings. The van der Waals surface area contributed by atoms with Crippen molar-refractivity contribution in [3.63, 3.8) is 0 Å². The lowest BCUT2D eigenvalue weighted by molar-refractivity contribution is -0.132. The molecular formula is C26H21FN2O5. The van der Waals surface area contributed by atoms with Gasteiger partial charge in [0.2, 0.25) is 0 Å². The van der Waals surface area contributed by atoms with E-state index in [-0.39, 0.29) is 22.8 Å². The molecule has 1 unspecified atom stereocenters. The highest BCUT2D eigenvalue weighted by Crippen LogP contribution is 2.43. The molecule has 2 aliphatic heterocycles. The van der Waals surface area contributed by atoms with Gasteiger partial charge in [0.25, 0.3) is 11.7 Å². The van der Waals surface area contributed by atoms with Crippen LogP contribution >= 0.6 is 0 Å². The quantitative estimate of drug-likeness (QED) is 0.349. The Morgan fingerprint density at radius 2 is 1.85 bits per heavy atom. The number of likely N-dealkylation sites (N-methyl/N-ethyl adjacent to an activating group) is 1. The number of Topliss-reactive ketones (excluding diaryl/α,β-unsaturated/α-hetero) is 1. The number of aliphatic hydroxyl groups is 1. The maximum absolute atomic E-state index is 14.0. The van der Waals surface area contributed by atoms with E-state index in [0.29, 0.717) is 30.0 Å².